The average molecular weight is 250 g/mol. The Morgan fingerprint density at radius 3 is 2.61 bits per heavy atom. The number of anilines is 1. The van der Waals surface area contributed by atoms with Crippen LogP contribution in [0.1, 0.15) is 10.4 Å². The highest BCUT2D eigenvalue weighted by Gasteiger charge is 2.21. The summed E-state index contributed by atoms with van der Waals surface area (Å²) in [4.78, 5) is 22.5. The fourth-order valence-corrected chi connectivity index (χ4v) is 1.66. The fourth-order valence-electron chi connectivity index (χ4n) is 1.66. The first-order valence-electron chi connectivity index (χ1n) is 5.62. The fraction of sp³-hybridized carbons (Fsp3) is 0.333. The van der Waals surface area contributed by atoms with Crippen molar-refractivity contribution in [2.24, 2.45) is 0 Å². The van der Waals surface area contributed by atoms with Gasteiger partial charge in [0, 0.05) is 12.2 Å². The summed E-state index contributed by atoms with van der Waals surface area (Å²) in [7, 11) is 0. The molecular formula is C12H14N2O4. The predicted octanol–water partition coefficient (Wildman–Crippen LogP) is 0.312. The zero-order chi connectivity index (χ0) is 13.0. The molecule has 6 nitrogen and oxygen atoms in total. The first-order chi connectivity index (χ1) is 8.66. The van der Waals surface area contributed by atoms with Crippen LogP contribution in [0.25, 0.3) is 0 Å². The van der Waals surface area contributed by atoms with E-state index in [9.17, 15) is 9.59 Å². The highest BCUT2D eigenvalue weighted by atomic mass is 16.5. The van der Waals surface area contributed by atoms with Gasteiger partial charge in [0.1, 0.15) is 6.04 Å². The van der Waals surface area contributed by atoms with E-state index in [-0.39, 0.29) is 17.5 Å². The van der Waals surface area contributed by atoms with Gasteiger partial charge in [-0.05, 0) is 24.3 Å². The first-order valence-corrected chi connectivity index (χ1v) is 5.62. The molecule has 0 spiro atoms. The van der Waals surface area contributed by atoms with Gasteiger partial charge in [-0.2, -0.15) is 0 Å². The molecule has 96 valence electrons. The molecule has 0 bridgehead atoms. The molecule has 2 rings (SSSR count). The largest absolute Gasteiger partial charge is 0.478 e. The van der Waals surface area contributed by atoms with Gasteiger partial charge >= 0.3 is 5.97 Å². The Morgan fingerprint density at radius 1 is 1.33 bits per heavy atom. The van der Waals surface area contributed by atoms with Crippen molar-refractivity contribution in [1.29, 1.82) is 0 Å². The van der Waals surface area contributed by atoms with Crippen molar-refractivity contribution in [3.8, 4) is 0 Å². The van der Waals surface area contributed by atoms with Crippen molar-refractivity contribution >= 4 is 17.6 Å². The molecule has 6 heteroatoms. The lowest BCUT2D eigenvalue weighted by Crippen LogP contribution is -2.48. The molecule has 1 aromatic carbocycles. The van der Waals surface area contributed by atoms with Crippen LogP contribution >= 0.6 is 0 Å². The van der Waals surface area contributed by atoms with Gasteiger partial charge in [-0.3, -0.25) is 4.79 Å². The van der Waals surface area contributed by atoms with E-state index in [1.807, 2.05) is 0 Å². The summed E-state index contributed by atoms with van der Waals surface area (Å²) in [6.07, 6.45) is 0. The van der Waals surface area contributed by atoms with E-state index in [4.69, 9.17) is 9.84 Å². The quantitative estimate of drug-likeness (QED) is 0.718. The Labute approximate surface area is 104 Å². The normalized spacial score (nSPS) is 19.2. The topological polar surface area (TPSA) is 87.7 Å². The van der Waals surface area contributed by atoms with Crippen molar-refractivity contribution < 1.29 is 19.4 Å². The summed E-state index contributed by atoms with van der Waals surface area (Å²) in [5, 5.41) is 14.5. The number of hydrogen-bond acceptors (Lipinski definition) is 4. The summed E-state index contributed by atoms with van der Waals surface area (Å²) >= 11 is 0. The van der Waals surface area contributed by atoms with E-state index >= 15 is 0 Å². The van der Waals surface area contributed by atoms with E-state index < -0.39 is 5.97 Å². The van der Waals surface area contributed by atoms with Gasteiger partial charge in [0.15, 0.2) is 0 Å². The van der Waals surface area contributed by atoms with Crippen molar-refractivity contribution in [2.45, 2.75) is 6.04 Å². The van der Waals surface area contributed by atoms with Crippen molar-refractivity contribution in [1.82, 2.24) is 5.32 Å². The maximum Gasteiger partial charge on any atom is 0.335 e. The molecule has 0 radical (unpaired) electrons. The van der Waals surface area contributed by atoms with Crippen LogP contribution in [0.2, 0.25) is 0 Å². The molecule has 1 aliphatic heterocycles. The van der Waals surface area contributed by atoms with Crippen LogP contribution in [-0.2, 0) is 9.53 Å². The molecule has 1 heterocycles. The summed E-state index contributed by atoms with van der Waals surface area (Å²) in [6, 6.07) is 5.65. The number of nitrogens with one attached hydrogen (secondary N) is 2. The lowest BCUT2D eigenvalue weighted by molar-refractivity contribution is -0.120. The van der Waals surface area contributed by atoms with Gasteiger partial charge < -0.3 is 20.5 Å². The van der Waals surface area contributed by atoms with Crippen LogP contribution in [0.3, 0.4) is 0 Å². The number of ether oxygens (including phenoxy) is 1. The number of rotatable bonds is 3. The van der Waals surface area contributed by atoms with Gasteiger partial charge in [-0.25, -0.2) is 4.79 Å². The second-order valence-electron chi connectivity index (χ2n) is 3.95. The summed E-state index contributed by atoms with van der Waals surface area (Å²) in [5.74, 6) is -1.17. The lowest BCUT2D eigenvalue weighted by Gasteiger charge is -2.22. The zero-order valence-electron chi connectivity index (χ0n) is 9.68. The van der Waals surface area contributed by atoms with Gasteiger partial charge in [0.05, 0.1) is 18.8 Å². The van der Waals surface area contributed by atoms with Gasteiger partial charge in [-0.15, -0.1) is 0 Å². The molecule has 0 saturated carbocycles. The molecule has 1 atom stereocenters. The highest BCUT2D eigenvalue weighted by molar-refractivity contribution is 5.95. The van der Waals surface area contributed by atoms with Crippen LogP contribution in [0.15, 0.2) is 24.3 Å². The third-order valence-electron chi connectivity index (χ3n) is 2.64. The molecule has 0 aromatic heterocycles. The van der Waals surface area contributed by atoms with Crippen molar-refractivity contribution in [2.75, 3.05) is 25.1 Å². The molecule has 1 unspecified atom stereocenters. The smallest absolute Gasteiger partial charge is 0.335 e. The minimum Gasteiger partial charge on any atom is -0.478 e. The van der Waals surface area contributed by atoms with Gasteiger partial charge in [-0.1, -0.05) is 0 Å². The van der Waals surface area contributed by atoms with E-state index in [2.05, 4.69) is 10.6 Å². The molecule has 3 N–H and O–H groups in total. The van der Waals surface area contributed by atoms with Crippen LogP contribution in [-0.4, -0.2) is 42.8 Å². The molecule has 1 saturated heterocycles. The van der Waals surface area contributed by atoms with Crippen molar-refractivity contribution in [3.63, 3.8) is 0 Å². The minimum absolute atomic E-state index is 0.183. The molecule has 1 aromatic rings. The molecule has 1 aliphatic rings. The lowest BCUT2D eigenvalue weighted by atomic mass is 10.2. The highest BCUT2D eigenvalue weighted by Crippen LogP contribution is 2.10. The average Bonchev–Trinajstić information content (AvgIpc) is 2.40. The van der Waals surface area contributed by atoms with Crippen LogP contribution in [0, 0.1) is 0 Å². The molecule has 0 aliphatic carbocycles. The van der Waals surface area contributed by atoms with Crippen molar-refractivity contribution in [3.05, 3.63) is 29.8 Å². The first kappa shape index (κ1) is 12.5. The number of amides is 1. The predicted molar refractivity (Wildman–Crippen MR) is 64.6 cm³/mol. The maximum absolute atomic E-state index is 11.8. The third kappa shape index (κ3) is 3.06. The number of aromatic carboxylic acids is 1. The second kappa shape index (κ2) is 5.61. The number of morpholine rings is 1. The van der Waals surface area contributed by atoms with E-state index in [0.717, 1.165) is 0 Å². The Morgan fingerprint density at radius 2 is 2.06 bits per heavy atom. The third-order valence-corrected chi connectivity index (χ3v) is 2.64. The second-order valence-corrected chi connectivity index (χ2v) is 3.95. The van der Waals surface area contributed by atoms with E-state index in [1.165, 1.54) is 12.1 Å². The Balaban J connectivity index is 1.96. The van der Waals surface area contributed by atoms with Gasteiger partial charge in [0.25, 0.3) is 0 Å². The van der Waals surface area contributed by atoms with Crippen LogP contribution < -0.4 is 10.6 Å². The number of carboxylic acids is 1. The van der Waals surface area contributed by atoms with Crippen LogP contribution in [0.5, 0.6) is 0 Å². The van der Waals surface area contributed by atoms with Crippen LogP contribution in [0.4, 0.5) is 5.69 Å². The number of benzene rings is 1. The summed E-state index contributed by atoms with van der Waals surface area (Å²) in [5.41, 5.74) is 0.754. The Kier molecular flexibility index (Phi) is 3.91. The molecule has 1 amide bonds. The summed E-state index contributed by atoms with van der Waals surface area (Å²) in [6.45, 7) is 1.60. The maximum atomic E-state index is 11.8. The standard InChI is InChI=1S/C12H14N2O4/c15-11(10-7-18-6-5-13-10)14-9-3-1-8(2-4-9)12(16)17/h1-4,10,13H,5-7H2,(H,14,15)(H,16,17). The van der Waals surface area contributed by atoms with Gasteiger partial charge in [0.2, 0.25) is 5.91 Å². The SMILES string of the molecule is O=C(O)c1ccc(NC(=O)C2COCCN2)cc1. The zero-order valence-corrected chi connectivity index (χ0v) is 9.68. The number of carbonyl (C=O) groups is 2. The summed E-state index contributed by atoms with van der Waals surface area (Å²) < 4.78 is 5.19. The number of carbonyl (C=O) groups excluding carboxylic acids is 1. The molecule has 1 fully saturated rings. The number of hydrogen-bond donors (Lipinski definition) is 3. The molecular weight excluding hydrogens is 236 g/mol. The van der Waals surface area contributed by atoms with E-state index in [1.54, 1.807) is 12.1 Å². The number of carboxylic acid groups (broad SMARTS) is 1. The Hall–Kier alpha value is -1.92. The molecule has 18 heavy (non-hydrogen) atoms. The monoisotopic (exact) mass is 250 g/mol. The Bertz CT molecular complexity index is 438. The minimum atomic E-state index is -0.991. The van der Waals surface area contributed by atoms with E-state index in [0.29, 0.717) is 25.4 Å².